The number of nitrogens with zero attached hydrogens (tertiary/aromatic N) is 1. The number of carbonyl (C=O) groups excluding carboxylic acids is 1. The van der Waals surface area contributed by atoms with Crippen LogP contribution in [0.1, 0.15) is 38.5 Å². The molecule has 2 atom stereocenters. The molecule has 2 nitrogen and oxygen atoms in total. The summed E-state index contributed by atoms with van der Waals surface area (Å²) in [4.78, 5) is 14.2. The predicted octanol–water partition coefficient (Wildman–Crippen LogP) is 2.96. The topological polar surface area (TPSA) is 20.3 Å². The molecule has 3 heteroatoms. The van der Waals surface area contributed by atoms with E-state index in [0.717, 1.165) is 38.8 Å². The molecule has 2 aliphatic rings. The van der Waals surface area contributed by atoms with Gasteiger partial charge >= 0.3 is 0 Å². The van der Waals surface area contributed by atoms with Gasteiger partial charge in [0.2, 0.25) is 0 Å². The van der Waals surface area contributed by atoms with E-state index >= 15 is 0 Å². The summed E-state index contributed by atoms with van der Waals surface area (Å²) in [5, 5.41) is 0.692. The molecule has 2 fully saturated rings. The van der Waals surface area contributed by atoms with Crippen molar-refractivity contribution in [2.24, 2.45) is 5.92 Å². The fraction of sp³-hybridized carbons (Fsp3) is 0.769. The van der Waals surface area contributed by atoms with E-state index in [9.17, 15) is 4.79 Å². The Morgan fingerprint density at radius 3 is 2.81 bits per heavy atom. The van der Waals surface area contributed by atoms with E-state index < -0.39 is 0 Å². The number of ketones is 1. The largest absolute Gasteiger partial charge is 0.299 e. The summed E-state index contributed by atoms with van der Waals surface area (Å²) in [6, 6.07) is 0.430. The third-order valence-corrected chi connectivity index (χ3v) is 3.97. The Hall–Kier alpha value is -0.340. The van der Waals surface area contributed by atoms with Gasteiger partial charge in [-0.3, -0.25) is 9.69 Å². The van der Waals surface area contributed by atoms with Crippen molar-refractivity contribution in [3.05, 3.63) is 11.6 Å². The lowest BCUT2D eigenvalue weighted by molar-refractivity contribution is -0.123. The van der Waals surface area contributed by atoms with Crippen LogP contribution in [-0.2, 0) is 4.79 Å². The minimum atomic E-state index is 0.274. The van der Waals surface area contributed by atoms with Crippen molar-refractivity contribution < 1.29 is 4.79 Å². The lowest BCUT2D eigenvalue weighted by Crippen LogP contribution is -2.45. The predicted molar refractivity (Wildman–Crippen MR) is 66.6 cm³/mol. The van der Waals surface area contributed by atoms with Crippen molar-refractivity contribution in [2.75, 3.05) is 13.1 Å². The SMILES string of the molecule is C=C(Cl)CN1CCCCC1C1CCCC1=O. The number of carbonyl (C=O) groups is 1. The van der Waals surface area contributed by atoms with Gasteiger partial charge in [-0.25, -0.2) is 0 Å². The number of hydrogen-bond acceptors (Lipinski definition) is 2. The fourth-order valence-electron chi connectivity index (χ4n) is 3.14. The van der Waals surface area contributed by atoms with Gasteiger partial charge in [0, 0.05) is 30.0 Å². The standard InChI is InChI=1S/C13H20ClNO/c1-10(14)9-15-8-3-2-6-12(15)11-5-4-7-13(11)16/h11-12H,1-9H2. The van der Waals surface area contributed by atoms with Crippen molar-refractivity contribution in [3.63, 3.8) is 0 Å². The Morgan fingerprint density at radius 1 is 1.38 bits per heavy atom. The molecule has 0 N–H and O–H groups in total. The molecule has 1 aliphatic heterocycles. The van der Waals surface area contributed by atoms with Crippen molar-refractivity contribution in [1.82, 2.24) is 4.90 Å². The minimum absolute atomic E-state index is 0.274. The summed E-state index contributed by atoms with van der Waals surface area (Å²) >= 11 is 5.90. The van der Waals surface area contributed by atoms with Gasteiger partial charge in [-0.05, 0) is 32.2 Å². The van der Waals surface area contributed by atoms with Crippen LogP contribution in [0, 0.1) is 5.92 Å². The third kappa shape index (κ3) is 2.67. The molecular formula is C13H20ClNO. The van der Waals surface area contributed by atoms with Gasteiger partial charge in [0.15, 0.2) is 0 Å². The molecule has 90 valence electrons. The van der Waals surface area contributed by atoms with Crippen LogP contribution in [-0.4, -0.2) is 29.8 Å². The first kappa shape index (κ1) is 12.1. The summed E-state index contributed by atoms with van der Waals surface area (Å²) in [5.41, 5.74) is 0. The first-order valence-corrected chi connectivity index (χ1v) is 6.66. The minimum Gasteiger partial charge on any atom is -0.299 e. The van der Waals surface area contributed by atoms with Gasteiger partial charge in [-0.2, -0.15) is 0 Å². The van der Waals surface area contributed by atoms with Crippen LogP contribution in [0.4, 0.5) is 0 Å². The summed E-state index contributed by atoms with van der Waals surface area (Å²) in [6.07, 6.45) is 6.57. The van der Waals surface area contributed by atoms with Gasteiger partial charge in [-0.1, -0.05) is 24.6 Å². The number of piperidine rings is 1. The van der Waals surface area contributed by atoms with Gasteiger partial charge in [0.05, 0.1) is 0 Å². The average Bonchev–Trinajstić information content (AvgIpc) is 2.64. The first-order chi connectivity index (χ1) is 7.68. The zero-order chi connectivity index (χ0) is 11.5. The van der Waals surface area contributed by atoms with Crippen molar-refractivity contribution in [3.8, 4) is 0 Å². The second-order valence-corrected chi connectivity index (χ2v) is 5.55. The fourth-order valence-corrected chi connectivity index (χ4v) is 3.29. The van der Waals surface area contributed by atoms with E-state index in [2.05, 4.69) is 11.5 Å². The molecule has 0 spiro atoms. The Kier molecular flexibility index (Phi) is 4.04. The number of Topliss-reactive ketones (excluding diaryl/α,β-unsaturated/α-hetero) is 1. The number of likely N-dealkylation sites (tertiary alicyclic amines) is 1. The molecule has 16 heavy (non-hydrogen) atoms. The smallest absolute Gasteiger partial charge is 0.137 e. The van der Waals surface area contributed by atoms with E-state index in [4.69, 9.17) is 11.6 Å². The lowest BCUT2D eigenvalue weighted by Gasteiger charge is -2.38. The zero-order valence-corrected chi connectivity index (χ0v) is 10.5. The molecular weight excluding hydrogens is 222 g/mol. The van der Waals surface area contributed by atoms with E-state index in [1.165, 1.54) is 12.8 Å². The first-order valence-electron chi connectivity index (χ1n) is 6.28. The second kappa shape index (κ2) is 5.33. The lowest BCUT2D eigenvalue weighted by atomic mass is 9.88. The van der Waals surface area contributed by atoms with E-state index in [-0.39, 0.29) is 5.92 Å². The summed E-state index contributed by atoms with van der Waals surface area (Å²) in [5.74, 6) is 0.744. The molecule has 0 radical (unpaired) electrons. The van der Waals surface area contributed by atoms with Crippen LogP contribution in [0.3, 0.4) is 0 Å². The van der Waals surface area contributed by atoms with Gasteiger partial charge < -0.3 is 0 Å². The van der Waals surface area contributed by atoms with Crippen LogP contribution in [0.5, 0.6) is 0 Å². The van der Waals surface area contributed by atoms with Crippen LogP contribution < -0.4 is 0 Å². The normalized spacial score (nSPS) is 31.9. The van der Waals surface area contributed by atoms with Gasteiger partial charge in [-0.15, -0.1) is 0 Å². The number of hydrogen-bond donors (Lipinski definition) is 0. The third-order valence-electron chi connectivity index (χ3n) is 3.86. The second-order valence-electron chi connectivity index (χ2n) is 5.02. The average molecular weight is 242 g/mol. The van der Waals surface area contributed by atoms with Crippen LogP contribution in [0.15, 0.2) is 11.6 Å². The highest BCUT2D eigenvalue weighted by molar-refractivity contribution is 6.29. The molecule has 2 rings (SSSR count). The van der Waals surface area contributed by atoms with Crippen LogP contribution in [0.25, 0.3) is 0 Å². The summed E-state index contributed by atoms with van der Waals surface area (Å²) < 4.78 is 0. The highest BCUT2D eigenvalue weighted by Crippen LogP contribution is 2.32. The van der Waals surface area contributed by atoms with Crippen molar-refractivity contribution in [1.29, 1.82) is 0 Å². The molecule has 1 heterocycles. The summed E-state index contributed by atoms with van der Waals surface area (Å²) in [6.45, 7) is 5.58. The molecule has 1 aliphatic carbocycles. The summed E-state index contributed by atoms with van der Waals surface area (Å²) in [7, 11) is 0. The molecule has 0 aromatic carbocycles. The maximum absolute atomic E-state index is 11.8. The maximum atomic E-state index is 11.8. The Bertz CT molecular complexity index is 290. The Balaban J connectivity index is 2.03. The molecule has 0 aromatic rings. The van der Waals surface area contributed by atoms with E-state index in [0.29, 0.717) is 16.9 Å². The maximum Gasteiger partial charge on any atom is 0.137 e. The van der Waals surface area contributed by atoms with Crippen molar-refractivity contribution in [2.45, 2.75) is 44.6 Å². The Labute approximate surface area is 103 Å². The molecule has 0 amide bonds. The highest BCUT2D eigenvalue weighted by atomic mass is 35.5. The van der Waals surface area contributed by atoms with Crippen LogP contribution >= 0.6 is 11.6 Å². The molecule has 2 unspecified atom stereocenters. The number of rotatable bonds is 3. The van der Waals surface area contributed by atoms with E-state index in [1.54, 1.807) is 0 Å². The zero-order valence-electron chi connectivity index (χ0n) is 9.75. The van der Waals surface area contributed by atoms with Gasteiger partial charge in [0.1, 0.15) is 5.78 Å². The molecule has 1 saturated heterocycles. The van der Waals surface area contributed by atoms with Gasteiger partial charge in [0.25, 0.3) is 0 Å². The highest BCUT2D eigenvalue weighted by Gasteiger charge is 2.36. The van der Waals surface area contributed by atoms with E-state index in [1.807, 2.05) is 0 Å². The number of halogens is 1. The van der Waals surface area contributed by atoms with Crippen molar-refractivity contribution >= 4 is 17.4 Å². The monoisotopic (exact) mass is 241 g/mol. The molecule has 0 aromatic heterocycles. The quantitative estimate of drug-likeness (QED) is 0.757. The Morgan fingerprint density at radius 2 is 2.19 bits per heavy atom. The molecule has 0 bridgehead atoms. The van der Waals surface area contributed by atoms with Crippen LogP contribution in [0.2, 0.25) is 0 Å². The molecule has 1 saturated carbocycles.